The zero-order valence-corrected chi connectivity index (χ0v) is 14.4. The van der Waals surface area contributed by atoms with Gasteiger partial charge >= 0.3 is 5.97 Å². The average molecular weight is 367 g/mol. The minimum atomic E-state index is -0.789. The monoisotopic (exact) mass is 367 g/mol. The third-order valence-corrected chi connectivity index (χ3v) is 5.71. The zero-order valence-electron chi connectivity index (χ0n) is 12.8. The molecule has 0 aromatic carbocycles. The van der Waals surface area contributed by atoms with Crippen molar-refractivity contribution in [3.63, 3.8) is 0 Å². The van der Waals surface area contributed by atoms with Crippen LogP contribution in [-0.4, -0.2) is 38.2 Å². The van der Waals surface area contributed by atoms with E-state index in [1.165, 1.54) is 33.6 Å². The van der Waals surface area contributed by atoms with Crippen molar-refractivity contribution in [3.8, 4) is 0 Å². The summed E-state index contributed by atoms with van der Waals surface area (Å²) >= 11 is 2.78. The number of carboxylic acids is 1. The van der Waals surface area contributed by atoms with Crippen molar-refractivity contribution in [2.24, 2.45) is 5.92 Å². The van der Waals surface area contributed by atoms with Gasteiger partial charge in [0.2, 0.25) is 5.91 Å². The maximum Gasteiger partial charge on any atom is 0.306 e. The molecule has 1 saturated carbocycles. The summed E-state index contributed by atoms with van der Waals surface area (Å²) in [5.41, 5.74) is 0.541. The van der Waals surface area contributed by atoms with Crippen molar-refractivity contribution in [1.82, 2.24) is 14.7 Å². The fourth-order valence-corrected chi connectivity index (χ4v) is 4.28. The first-order chi connectivity index (χ1) is 11.5. The van der Waals surface area contributed by atoms with E-state index < -0.39 is 5.97 Å². The number of hydrogen-bond acceptors (Lipinski definition) is 6. The predicted molar refractivity (Wildman–Crippen MR) is 92.4 cm³/mol. The molecule has 2 N–H and O–H groups in total. The van der Waals surface area contributed by atoms with E-state index in [0.29, 0.717) is 35.7 Å². The van der Waals surface area contributed by atoms with E-state index in [1.54, 1.807) is 11.6 Å². The van der Waals surface area contributed by atoms with Crippen LogP contribution in [-0.2, 0) is 15.3 Å². The Morgan fingerprint density at radius 1 is 1.46 bits per heavy atom. The summed E-state index contributed by atoms with van der Waals surface area (Å²) in [6.07, 6.45) is 3.51. The van der Waals surface area contributed by atoms with Crippen molar-refractivity contribution < 1.29 is 14.7 Å². The van der Waals surface area contributed by atoms with Gasteiger partial charge in [0.25, 0.3) is 5.56 Å². The molecule has 9 heteroatoms. The highest BCUT2D eigenvalue weighted by Gasteiger charge is 2.30. The molecule has 2 aromatic heterocycles. The van der Waals surface area contributed by atoms with Crippen LogP contribution in [0.3, 0.4) is 0 Å². The van der Waals surface area contributed by atoms with E-state index in [1.807, 2.05) is 0 Å². The number of carbonyl (C=O) groups excluding carboxylic acids is 1. The van der Waals surface area contributed by atoms with Crippen LogP contribution < -0.4 is 10.9 Å². The Bertz CT molecular complexity index is 816. The lowest BCUT2D eigenvalue weighted by Crippen LogP contribution is -2.34. The molecule has 1 fully saturated rings. The minimum absolute atomic E-state index is 0.0514. The predicted octanol–water partition coefficient (Wildman–Crippen LogP) is 1.36. The van der Waals surface area contributed by atoms with Crippen LogP contribution in [0.4, 0.5) is 0 Å². The standard InChI is InChI=1S/C15H17N3O4S2/c19-12(16-10-2-1-9(5-10)14(21)22)8-23-7-11-6-13(20)18-3-4-24-15(18)17-11/h3-4,6,9-10H,1-2,5,7-8H2,(H,16,19)(H,21,22)/t9-,10+/m0/s1. The van der Waals surface area contributed by atoms with Crippen molar-refractivity contribution in [3.05, 3.63) is 33.7 Å². The lowest BCUT2D eigenvalue weighted by Gasteiger charge is -2.12. The number of thioether (sulfide) groups is 1. The van der Waals surface area contributed by atoms with E-state index in [2.05, 4.69) is 10.3 Å². The Labute approximate surface area is 146 Å². The largest absolute Gasteiger partial charge is 0.481 e. The summed E-state index contributed by atoms with van der Waals surface area (Å²) in [7, 11) is 0. The molecule has 2 heterocycles. The van der Waals surface area contributed by atoms with Gasteiger partial charge in [0, 0.05) is 29.4 Å². The Morgan fingerprint density at radius 2 is 2.29 bits per heavy atom. The number of rotatable bonds is 6. The first-order valence-electron chi connectivity index (χ1n) is 7.58. The molecule has 7 nitrogen and oxygen atoms in total. The van der Waals surface area contributed by atoms with Gasteiger partial charge in [-0.2, -0.15) is 0 Å². The second-order valence-electron chi connectivity index (χ2n) is 5.75. The van der Waals surface area contributed by atoms with Crippen molar-refractivity contribution in [2.75, 3.05) is 5.75 Å². The Balaban J connectivity index is 1.46. The second kappa shape index (κ2) is 7.35. The molecular formula is C15H17N3O4S2. The first kappa shape index (κ1) is 17.0. The van der Waals surface area contributed by atoms with Gasteiger partial charge in [0.15, 0.2) is 4.96 Å². The SMILES string of the molecule is O=C(CSCc1cc(=O)n2ccsc2n1)N[C@@H]1CC[C@H](C(=O)O)C1. The molecule has 1 aliphatic carbocycles. The Hall–Kier alpha value is -1.87. The molecule has 128 valence electrons. The molecule has 0 aliphatic heterocycles. The third-order valence-electron chi connectivity index (χ3n) is 3.99. The van der Waals surface area contributed by atoms with Gasteiger partial charge in [0.05, 0.1) is 17.4 Å². The summed E-state index contributed by atoms with van der Waals surface area (Å²) in [5.74, 6) is -0.496. The number of nitrogens with zero attached hydrogens (tertiary/aromatic N) is 2. The molecule has 0 spiro atoms. The molecule has 3 rings (SSSR count). The lowest BCUT2D eigenvalue weighted by molar-refractivity contribution is -0.141. The number of amides is 1. The quantitative estimate of drug-likeness (QED) is 0.799. The van der Waals surface area contributed by atoms with E-state index >= 15 is 0 Å². The minimum Gasteiger partial charge on any atom is -0.481 e. The molecule has 0 saturated heterocycles. The number of nitrogens with one attached hydrogen (secondary N) is 1. The lowest BCUT2D eigenvalue weighted by atomic mass is 10.1. The molecule has 2 atom stereocenters. The number of fused-ring (bicyclic) bond motifs is 1. The Morgan fingerprint density at radius 3 is 3.04 bits per heavy atom. The molecule has 0 radical (unpaired) electrons. The van der Waals surface area contributed by atoms with Gasteiger partial charge in [0.1, 0.15) is 0 Å². The van der Waals surface area contributed by atoms with Gasteiger partial charge < -0.3 is 10.4 Å². The normalized spacial score (nSPS) is 20.3. The van der Waals surface area contributed by atoms with E-state index in [-0.39, 0.29) is 29.2 Å². The Kier molecular flexibility index (Phi) is 5.20. The van der Waals surface area contributed by atoms with Gasteiger partial charge in [-0.3, -0.25) is 18.8 Å². The van der Waals surface area contributed by atoms with Crippen LogP contribution in [0.2, 0.25) is 0 Å². The molecule has 1 amide bonds. The van der Waals surface area contributed by atoms with Crippen LogP contribution in [0.25, 0.3) is 4.96 Å². The number of thiazole rings is 1. The fraction of sp³-hybridized carbons (Fsp3) is 0.467. The van der Waals surface area contributed by atoms with E-state index in [4.69, 9.17) is 5.11 Å². The van der Waals surface area contributed by atoms with Crippen molar-refractivity contribution in [1.29, 1.82) is 0 Å². The highest BCUT2D eigenvalue weighted by atomic mass is 32.2. The van der Waals surface area contributed by atoms with Gasteiger partial charge in [-0.05, 0) is 19.3 Å². The van der Waals surface area contributed by atoms with Crippen molar-refractivity contribution >= 4 is 39.9 Å². The highest BCUT2D eigenvalue weighted by molar-refractivity contribution is 7.99. The summed E-state index contributed by atoms with van der Waals surface area (Å²) < 4.78 is 1.49. The number of hydrogen-bond donors (Lipinski definition) is 2. The van der Waals surface area contributed by atoms with Crippen LogP contribution in [0.15, 0.2) is 22.4 Å². The van der Waals surface area contributed by atoms with E-state index in [9.17, 15) is 14.4 Å². The second-order valence-corrected chi connectivity index (χ2v) is 7.61. The summed E-state index contributed by atoms with van der Waals surface area (Å²) in [6.45, 7) is 0. The third kappa shape index (κ3) is 3.96. The highest BCUT2D eigenvalue weighted by Crippen LogP contribution is 2.25. The summed E-state index contributed by atoms with van der Waals surface area (Å²) in [6, 6.07) is 1.43. The summed E-state index contributed by atoms with van der Waals surface area (Å²) in [5, 5.41) is 13.6. The maximum absolute atomic E-state index is 11.9. The molecule has 0 unspecified atom stereocenters. The van der Waals surface area contributed by atoms with Gasteiger partial charge in [-0.15, -0.1) is 23.1 Å². The molecule has 2 aromatic rings. The number of carbonyl (C=O) groups is 2. The smallest absolute Gasteiger partial charge is 0.306 e. The molecule has 1 aliphatic rings. The van der Waals surface area contributed by atoms with Crippen molar-refractivity contribution in [2.45, 2.75) is 31.1 Å². The number of carboxylic acid groups (broad SMARTS) is 1. The average Bonchev–Trinajstić information content (AvgIpc) is 3.16. The number of aromatic nitrogens is 2. The molecular weight excluding hydrogens is 350 g/mol. The van der Waals surface area contributed by atoms with Gasteiger partial charge in [-0.25, -0.2) is 4.98 Å². The molecule has 0 bridgehead atoms. The summed E-state index contributed by atoms with van der Waals surface area (Å²) in [4.78, 5) is 39.8. The van der Waals surface area contributed by atoms with Crippen LogP contribution in [0.1, 0.15) is 25.0 Å². The first-order valence-corrected chi connectivity index (χ1v) is 9.62. The topological polar surface area (TPSA) is 101 Å². The maximum atomic E-state index is 11.9. The molecule has 24 heavy (non-hydrogen) atoms. The fourth-order valence-electron chi connectivity index (χ4n) is 2.82. The van der Waals surface area contributed by atoms with E-state index in [0.717, 1.165) is 0 Å². The van der Waals surface area contributed by atoms with Gasteiger partial charge in [-0.1, -0.05) is 0 Å². The van der Waals surface area contributed by atoms with Crippen LogP contribution in [0.5, 0.6) is 0 Å². The number of aliphatic carboxylic acids is 1. The van der Waals surface area contributed by atoms with Crippen LogP contribution in [0, 0.1) is 5.92 Å². The van der Waals surface area contributed by atoms with Crippen LogP contribution >= 0.6 is 23.1 Å². The zero-order chi connectivity index (χ0) is 17.1.